The van der Waals surface area contributed by atoms with E-state index in [9.17, 15) is 9.50 Å². The van der Waals surface area contributed by atoms with Gasteiger partial charge in [-0.1, -0.05) is 30.3 Å². The first-order chi connectivity index (χ1) is 10.1. The van der Waals surface area contributed by atoms with Gasteiger partial charge in [-0.05, 0) is 67.0 Å². The molecule has 1 aliphatic rings. The quantitative estimate of drug-likeness (QED) is 0.816. The normalized spacial score (nSPS) is 21.7. The molecule has 0 bridgehead atoms. The molecule has 1 aliphatic carbocycles. The summed E-state index contributed by atoms with van der Waals surface area (Å²) in [6.07, 6.45) is 4.33. The van der Waals surface area contributed by atoms with Gasteiger partial charge < -0.3 is 5.11 Å². The summed E-state index contributed by atoms with van der Waals surface area (Å²) in [5.41, 5.74) is 3.30. The minimum absolute atomic E-state index is 0.235. The first kappa shape index (κ1) is 14.3. The fourth-order valence-electron chi connectivity index (χ4n) is 3.39. The van der Waals surface area contributed by atoms with Crippen molar-refractivity contribution in [1.29, 1.82) is 0 Å². The highest BCUT2D eigenvalue weighted by molar-refractivity contribution is 5.37. The predicted molar refractivity (Wildman–Crippen MR) is 82.7 cm³/mol. The first-order valence-electron chi connectivity index (χ1n) is 7.64. The van der Waals surface area contributed by atoms with E-state index in [1.165, 1.54) is 11.6 Å². The van der Waals surface area contributed by atoms with E-state index in [-0.39, 0.29) is 5.82 Å². The van der Waals surface area contributed by atoms with Gasteiger partial charge in [-0.3, -0.25) is 0 Å². The Morgan fingerprint density at radius 2 is 1.95 bits per heavy atom. The van der Waals surface area contributed by atoms with E-state index in [0.717, 1.165) is 42.4 Å². The highest BCUT2D eigenvalue weighted by Crippen LogP contribution is 2.37. The third kappa shape index (κ3) is 2.86. The first-order valence-corrected chi connectivity index (χ1v) is 7.64. The zero-order valence-corrected chi connectivity index (χ0v) is 12.4. The van der Waals surface area contributed by atoms with Gasteiger partial charge in [0.2, 0.25) is 0 Å². The molecular formula is C19H21FO. The van der Waals surface area contributed by atoms with Crippen molar-refractivity contribution in [3.8, 4) is 0 Å². The van der Waals surface area contributed by atoms with Gasteiger partial charge in [-0.15, -0.1) is 0 Å². The number of benzene rings is 2. The van der Waals surface area contributed by atoms with Crippen LogP contribution < -0.4 is 0 Å². The summed E-state index contributed by atoms with van der Waals surface area (Å²) in [5, 5.41) is 11.2. The lowest BCUT2D eigenvalue weighted by molar-refractivity contribution is 0.0270. The lowest BCUT2D eigenvalue weighted by Gasteiger charge is -2.30. The molecule has 1 nitrogen and oxygen atoms in total. The molecule has 2 heteroatoms. The highest BCUT2D eigenvalue weighted by atomic mass is 19.1. The second kappa shape index (κ2) is 5.61. The van der Waals surface area contributed by atoms with E-state index >= 15 is 0 Å². The van der Waals surface area contributed by atoms with Crippen molar-refractivity contribution in [1.82, 2.24) is 0 Å². The van der Waals surface area contributed by atoms with Crippen molar-refractivity contribution in [3.63, 3.8) is 0 Å². The Labute approximate surface area is 125 Å². The Kier molecular flexibility index (Phi) is 3.81. The Hall–Kier alpha value is -1.67. The van der Waals surface area contributed by atoms with Crippen LogP contribution in [0.25, 0.3) is 0 Å². The maximum atomic E-state index is 13.5. The summed E-state index contributed by atoms with van der Waals surface area (Å²) < 4.78 is 13.5. The second-order valence-electron chi connectivity index (χ2n) is 6.14. The Balaban J connectivity index is 2.02. The number of rotatable bonds is 2. The van der Waals surface area contributed by atoms with Crippen LogP contribution in [0.3, 0.4) is 0 Å². The van der Waals surface area contributed by atoms with Gasteiger partial charge in [0.1, 0.15) is 5.82 Å². The maximum Gasteiger partial charge on any atom is 0.123 e. The number of fused-ring (bicyclic) bond motifs is 1. The van der Waals surface area contributed by atoms with Gasteiger partial charge in [0.05, 0.1) is 5.60 Å². The van der Waals surface area contributed by atoms with Crippen LogP contribution in [-0.2, 0) is 18.4 Å². The van der Waals surface area contributed by atoms with Crippen molar-refractivity contribution in [3.05, 3.63) is 70.5 Å². The maximum absolute atomic E-state index is 13.5. The van der Waals surface area contributed by atoms with E-state index < -0.39 is 5.60 Å². The zero-order valence-electron chi connectivity index (χ0n) is 12.4. The van der Waals surface area contributed by atoms with Gasteiger partial charge in [-0.25, -0.2) is 4.39 Å². The summed E-state index contributed by atoms with van der Waals surface area (Å²) in [6.45, 7) is 1.97. The fraction of sp³-hybridized carbons (Fsp3) is 0.368. The van der Waals surface area contributed by atoms with Gasteiger partial charge >= 0.3 is 0 Å². The molecule has 1 unspecified atom stereocenters. The van der Waals surface area contributed by atoms with Crippen LogP contribution in [0.2, 0.25) is 0 Å². The van der Waals surface area contributed by atoms with E-state index in [4.69, 9.17) is 0 Å². The lowest BCUT2D eigenvalue weighted by atomic mass is 9.82. The summed E-state index contributed by atoms with van der Waals surface area (Å²) >= 11 is 0. The predicted octanol–water partition coefficient (Wildman–Crippen LogP) is 4.29. The van der Waals surface area contributed by atoms with E-state index in [1.54, 1.807) is 12.1 Å². The third-order valence-electron chi connectivity index (χ3n) is 4.60. The molecule has 0 amide bonds. The van der Waals surface area contributed by atoms with Crippen LogP contribution >= 0.6 is 0 Å². The van der Waals surface area contributed by atoms with Crippen LogP contribution in [-0.4, -0.2) is 5.11 Å². The molecule has 2 aromatic carbocycles. The fourth-order valence-corrected chi connectivity index (χ4v) is 3.39. The van der Waals surface area contributed by atoms with Crippen molar-refractivity contribution in [2.45, 2.75) is 44.6 Å². The SMILES string of the molecule is Cc1ccc(F)cc1CC1(O)CCCCc2ccccc21. The minimum Gasteiger partial charge on any atom is -0.385 e. The van der Waals surface area contributed by atoms with Crippen LogP contribution in [0.1, 0.15) is 41.5 Å². The van der Waals surface area contributed by atoms with Gasteiger partial charge in [-0.2, -0.15) is 0 Å². The summed E-state index contributed by atoms with van der Waals surface area (Å²) in [5.74, 6) is -0.235. The van der Waals surface area contributed by atoms with Crippen molar-refractivity contribution in [2.75, 3.05) is 0 Å². The lowest BCUT2D eigenvalue weighted by Crippen LogP contribution is -2.29. The minimum atomic E-state index is -0.883. The number of aryl methyl sites for hydroxylation is 2. The standard InChI is InChI=1S/C19H21FO/c1-14-9-10-17(20)12-16(14)13-19(21)11-5-4-7-15-6-2-3-8-18(15)19/h2-3,6,8-10,12,21H,4-5,7,11,13H2,1H3. The van der Waals surface area contributed by atoms with Crippen molar-refractivity contribution >= 4 is 0 Å². The number of hydrogen-bond acceptors (Lipinski definition) is 1. The van der Waals surface area contributed by atoms with E-state index in [2.05, 4.69) is 6.07 Å². The molecule has 3 rings (SSSR count). The molecule has 0 spiro atoms. The van der Waals surface area contributed by atoms with Gasteiger partial charge in [0, 0.05) is 6.42 Å². The molecular weight excluding hydrogens is 263 g/mol. The molecule has 21 heavy (non-hydrogen) atoms. The molecule has 0 saturated carbocycles. The molecule has 2 aromatic rings. The average molecular weight is 284 g/mol. The van der Waals surface area contributed by atoms with E-state index in [1.807, 2.05) is 25.1 Å². The molecule has 1 atom stereocenters. The molecule has 1 N–H and O–H groups in total. The Bertz CT molecular complexity index is 650. The average Bonchev–Trinajstić information content (AvgIpc) is 2.63. The molecule has 0 heterocycles. The molecule has 0 radical (unpaired) electrons. The largest absolute Gasteiger partial charge is 0.385 e. The zero-order chi connectivity index (χ0) is 14.9. The molecule has 0 fully saturated rings. The number of aliphatic hydroxyl groups is 1. The molecule has 0 aliphatic heterocycles. The second-order valence-corrected chi connectivity index (χ2v) is 6.14. The molecule has 0 aromatic heterocycles. The van der Waals surface area contributed by atoms with Gasteiger partial charge in [0.25, 0.3) is 0 Å². The Morgan fingerprint density at radius 3 is 2.81 bits per heavy atom. The van der Waals surface area contributed by atoms with Crippen molar-refractivity contribution in [2.24, 2.45) is 0 Å². The highest BCUT2D eigenvalue weighted by Gasteiger charge is 2.33. The van der Waals surface area contributed by atoms with Crippen LogP contribution in [0.5, 0.6) is 0 Å². The monoisotopic (exact) mass is 284 g/mol. The van der Waals surface area contributed by atoms with Gasteiger partial charge in [0.15, 0.2) is 0 Å². The third-order valence-corrected chi connectivity index (χ3v) is 4.60. The molecule has 110 valence electrons. The summed E-state index contributed by atoms with van der Waals surface area (Å²) in [4.78, 5) is 0. The van der Waals surface area contributed by atoms with Crippen LogP contribution in [0.15, 0.2) is 42.5 Å². The van der Waals surface area contributed by atoms with Crippen LogP contribution in [0.4, 0.5) is 4.39 Å². The Morgan fingerprint density at radius 1 is 1.14 bits per heavy atom. The number of halogens is 1. The topological polar surface area (TPSA) is 20.2 Å². The molecule has 0 saturated heterocycles. The smallest absolute Gasteiger partial charge is 0.123 e. The van der Waals surface area contributed by atoms with Crippen LogP contribution in [0, 0.1) is 12.7 Å². The number of hydrogen-bond donors (Lipinski definition) is 1. The van der Waals surface area contributed by atoms with E-state index in [0.29, 0.717) is 6.42 Å². The summed E-state index contributed by atoms with van der Waals surface area (Å²) in [6, 6.07) is 13.0. The van der Waals surface area contributed by atoms with Crippen molar-refractivity contribution < 1.29 is 9.50 Å². The summed E-state index contributed by atoms with van der Waals surface area (Å²) in [7, 11) is 0.